The lowest BCUT2D eigenvalue weighted by Crippen LogP contribution is -2.62. The first kappa shape index (κ1) is 21.3. The number of hydrogen-bond donors (Lipinski definition) is 1. The number of aromatic amines is 1. The summed E-state index contributed by atoms with van der Waals surface area (Å²) < 4.78 is 16.4. The van der Waals surface area contributed by atoms with Crippen molar-refractivity contribution in [3.8, 4) is 11.5 Å². The first-order chi connectivity index (χ1) is 17.1. The molecule has 6 rings (SSSR count). The number of hydrogen-bond acceptors (Lipinski definition) is 5. The van der Waals surface area contributed by atoms with E-state index in [-0.39, 0.29) is 24.9 Å². The maximum absolute atomic E-state index is 13.7. The van der Waals surface area contributed by atoms with E-state index in [1.165, 1.54) is 0 Å². The van der Waals surface area contributed by atoms with Gasteiger partial charge in [0.05, 0.1) is 33.1 Å². The van der Waals surface area contributed by atoms with Crippen LogP contribution in [0.3, 0.4) is 0 Å². The van der Waals surface area contributed by atoms with Crippen LogP contribution in [-0.4, -0.2) is 53.4 Å². The Morgan fingerprint density at radius 3 is 2.63 bits per heavy atom. The van der Waals surface area contributed by atoms with Crippen molar-refractivity contribution in [2.75, 3.05) is 20.8 Å². The number of nitrogens with zero attached hydrogens (tertiary/aromatic N) is 2. The van der Waals surface area contributed by atoms with Crippen molar-refractivity contribution < 1.29 is 23.5 Å². The normalized spacial score (nSPS) is 19.6. The number of H-pyrrole nitrogens is 1. The number of carbonyl (C=O) groups is 2. The van der Waals surface area contributed by atoms with E-state index in [9.17, 15) is 9.59 Å². The zero-order chi connectivity index (χ0) is 24.1. The molecule has 0 bridgehead atoms. The number of furan rings is 1. The third-order valence-corrected chi connectivity index (χ3v) is 6.99. The second-order valence-corrected chi connectivity index (χ2v) is 8.87. The smallest absolute Gasteiger partial charge is 0.246 e. The van der Waals surface area contributed by atoms with Gasteiger partial charge in [0.1, 0.15) is 18.3 Å². The molecular formula is C27H25N3O5. The fourth-order valence-electron chi connectivity index (χ4n) is 5.42. The molecule has 4 aromatic rings. The Morgan fingerprint density at radius 2 is 1.86 bits per heavy atom. The molecule has 1 saturated heterocycles. The number of benzene rings is 2. The SMILES string of the molecule is COc1ccc([C@@H]2c3[nH]c4ccccc4c3C[C@H]3C(=O)N(Cc4ccco4)CC(=O)N23)cc1OC. The molecular weight excluding hydrogens is 446 g/mol. The minimum atomic E-state index is -0.615. The van der Waals surface area contributed by atoms with Crippen LogP contribution in [0.1, 0.15) is 28.6 Å². The highest BCUT2D eigenvalue weighted by molar-refractivity contribution is 5.97. The molecule has 0 radical (unpaired) electrons. The van der Waals surface area contributed by atoms with Crippen LogP contribution in [0.25, 0.3) is 10.9 Å². The highest BCUT2D eigenvalue weighted by atomic mass is 16.5. The molecule has 1 fully saturated rings. The van der Waals surface area contributed by atoms with Gasteiger partial charge in [-0.2, -0.15) is 0 Å². The summed E-state index contributed by atoms with van der Waals surface area (Å²) in [4.78, 5) is 34.2. The zero-order valence-electron chi connectivity index (χ0n) is 19.5. The van der Waals surface area contributed by atoms with Crippen LogP contribution in [0, 0.1) is 0 Å². The van der Waals surface area contributed by atoms with Crippen LogP contribution >= 0.6 is 0 Å². The number of rotatable bonds is 5. The van der Waals surface area contributed by atoms with Crippen LogP contribution in [0.4, 0.5) is 0 Å². The Kier molecular flexibility index (Phi) is 5.02. The highest BCUT2D eigenvalue weighted by Gasteiger charge is 2.48. The Bertz CT molecular complexity index is 1420. The van der Waals surface area contributed by atoms with E-state index in [1.54, 1.807) is 36.3 Å². The van der Waals surface area contributed by atoms with Gasteiger partial charge in [-0.05, 0) is 41.5 Å². The second-order valence-electron chi connectivity index (χ2n) is 8.87. The summed E-state index contributed by atoms with van der Waals surface area (Å²) in [5.41, 5.74) is 3.81. The molecule has 2 aromatic carbocycles. The number of fused-ring (bicyclic) bond motifs is 4. The van der Waals surface area contributed by atoms with Gasteiger partial charge in [-0.1, -0.05) is 24.3 Å². The van der Waals surface area contributed by atoms with Crippen LogP contribution in [0.5, 0.6) is 11.5 Å². The van der Waals surface area contributed by atoms with E-state index in [1.807, 2.05) is 42.5 Å². The molecule has 8 heteroatoms. The van der Waals surface area contributed by atoms with E-state index in [2.05, 4.69) is 11.1 Å². The third kappa shape index (κ3) is 3.36. The molecule has 2 aromatic heterocycles. The number of piperazine rings is 1. The molecule has 0 aliphatic carbocycles. The third-order valence-electron chi connectivity index (χ3n) is 6.99. The van der Waals surface area contributed by atoms with Crippen molar-refractivity contribution >= 4 is 22.7 Å². The van der Waals surface area contributed by atoms with Crippen molar-refractivity contribution in [1.29, 1.82) is 0 Å². The van der Waals surface area contributed by atoms with Crippen molar-refractivity contribution in [1.82, 2.24) is 14.8 Å². The van der Waals surface area contributed by atoms with E-state index in [0.717, 1.165) is 27.7 Å². The Hall–Kier alpha value is -4.20. The molecule has 4 heterocycles. The van der Waals surface area contributed by atoms with Gasteiger partial charge in [0.25, 0.3) is 0 Å². The number of aromatic nitrogens is 1. The molecule has 0 spiro atoms. The quantitative estimate of drug-likeness (QED) is 0.480. The Balaban J connectivity index is 1.49. The van der Waals surface area contributed by atoms with Crippen molar-refractivity contribution in [3.63, 3.8) is 0 Å². The number of methoxy groups -OCH3 is 2. The standard InChI is InChI=1S/C27H25N3O5/c1-33-22-10-9-16(12-23(22)34-2)26-25-19(18-7-3-4-8-20(18)28-25)13-21-27(32)29(15-24(31)30(21)26)14-17-6-5-11-35-17/h3-12,21,26,28H,13-15H2,1-2H3/t21-,26+/m0/s1. The van der Waals surface area contributed by atoms with E-state index >= 15 is 0 Å². The maximum atomic E-state index is 13.7. The molecule has 0 unspecified atom stereocenters. The zero-order valence-corrected chi connectivity index (χ0v) is 19.5. The molecule has 2 amide bonds. The average Bonchev–Trinajstić information content (AvgIpc) is 3.53. The summed E-state index contributed by atoms with van der Waals surface area (Å²) in [6.45, 7) is 0.263. The fraction of sp³-hybridized carbons (Fsp3) is 0.259. The summed E-state index contributed by atoms with van der Waals surface area (Å²) in [6.07, 6.45) is 2.02. The van der Waals surface area contributed by atoms with Crippen LogP contribution < -0.4 is 9.47 Å². The predicted octanol–water partition coefficient (Wildman–Crippen LogP) is 3.66. The Morgan fingerprint density at radius 1 is 1.03 bits per heavy atom. The number of amides is 2. The minimum Gasteiger partial charge on any atom is -0.493 e. The highest BCUT2D eigenvalue weighted by Crippen LogP contribution is 2.44. The van der Waals surface area contributed by atoms with Crippen molar-refractivity contribution in [2.24, 2.45) is 0 Å². The van der Waals surface area contributed by atoms with Gasteiger partial charge >= 0.3 is 0 Å². The topological polar surface area (TPSA) is 88.0 Å². The molecule has 35 heavy (non-hydrogen) atoms. The molecule has 2 aliphatic heterocycles. The second kappa shape index (κ2) is 8.23. The van der Waals surface area contributed by atoms with Crippen LogP contribution in [-0.2, 0) is 22.6 Å². The average molecular weight is 472 g/mol. The van der Waals surface area contributed by atoms with E-state index < -0.39 is 12.1 Å². The van der Waals surface area contributed by atoms with Gasteiger partial charge in [0.2, 0.25) is 11.8 Å². The molecule has 2 atom stereocenters. The van der Waals surface area contributed by atoms with Gasteiger partial charge in [-0.15, -0.1) is 0 Å². The minimum absolute atomic E-state index is 0.00458. The van der Waals surface area contributed by atoms with Gasteiger partial charge < -0.3 is 28.7 Å². The number of carbonyl (C=O) groups excluding carboxylic acids is 2. The number of ether oxygens (including phenoxy) is 2. The van der Waals surface area contributed by atoms with Gasteiger partial charge in [-0.25, -0.2) is 0 Å². The molecule has 178 valence electrons. The molecule has 2 aliphatic rings. The van der Waals surface area contributed by atoms with Crippen LogP contribution in [0.2, 0.25) is 0 Å². The maximum Gasteiger partial charge on any atom is 0.246 e. The summed E-state index contributed by atoms with van der Waals surface area (Å²) in [6, 6.07) is 16.2. The Labute approximate surface area is 202 Å². The molecule has 1 N–H and O–H groups in total. The first-order valence-corrected chi connectivity index (χ1v) is 11.5. The molecule has 8 nitrogen and oxygen atoms in total. The lowest BCUT2D eigenvalue weighted by atomic mass is 9.86. The van der Waals surface area contributed by atoms with Gasteiger partial charge in [0, 0.05) is 23.0 Å². The summed E-state index contributed by atoms with van der Waals surface area (Å²) in [5, 5.41) is 1.07. The van der Waals surface area contributed by atoms with E-state index in [4.69, 9.17) is 13.9 Å². The first-order valence-electron chi connectivity index (χ1n) is 11.5. The van der Waals surface area contributed by atoms with Gasteiger partial charge in [0.15, 0.2) is 11.5 Å². The summed E-state index contributed by atoms with van der Waals surface area (Å²) >= 11 is 0. The fourth-order valence-corrected chi connectivity index (χ4v) is 5.42. The lowest BCUT2D eigenvalue weighted by Gasteiger charge is -2.47. The lowest BCUT2D eigenvalue weighted by molar-refractivity contribution is -0.159. The summed E-state index contributed by atoms with van der Waals surface area (Å²) in [7, 11) is 3.17. The largest absolute Gasteiger partial charge is 0.493 e. The van der Waals surface area contributed by atoms with Crippen molar-refractivity contribution in [2.45, 2.75) is 25.0 Å². The number of para-hydroxylation sites is 1. The van der Waals surface area contributed by atoms with E-state index in [0.29, 0.717) is 23.7 Å². The van der Waals surface area contributed by atoms with Crippen molar-refractivity contribution in [3.05, 3.63) is 83.4 Å². The monoisotopic (exact) mass is 471 g/mol. The number of nitrogens with one attached hydrogen (secondary N) is 1. The predicted molar refractivity (Wildman–Crippen MR) is 128 cm³/mol. The molecule has 0 saturated carbocycles. The summed E-state index contributed by atoms with van der Waals surface area (Å²) in [5.74, 6) is 1.64. The van der Waals surface area contributed by atoms with Crippen LogP contribution in [0.15, 0.2) is 65.3 Å². The van der Waals surface area contributed by atoms with Gasteiger partial charge in [-0.3, -0.25) is 9.59 Å².